The van der Waals surface area contributed by atoms with E-state index >= 15 is 0 Å². The molecule has 0 aliphatic rings. The topological polar surface area (TPSA) is 41.9 Å². The minimum atomic E-state index is -0.306. The van der Waals surface area contributed by atoms with Gasteiger partial charge >= 0.3 is 5.97 Å². The van der Waals surface area contributed by atoms with Crippen LogP contribution in [0.1, 0.15) is 0 Å². The van der Waals surface area contributed by atoms with Crippen LogP contribution in [-0.2, 0) is 9.53 Å². The highest BCUT2D eigenvalue weighted by Crippen LogP contribution is 2.02. The Hall–Kier alpha value is -1.58. The van der Waals surface area contributed by atoms with Gasteiger partial charge in [-0.1, -0.05) is 6.58 Å². The molecule has 0 aromatic carbocycles. The number of allylic oxidation sites excluding steroid dienone is 1. The van der Waals surface area contributed by atoms with Crippen LogP contribution in [0.15, 0.2) is 29.5 Å². The molecule has 0 saturated heterocycles. The van der Waals surface area contributed by atoms with Gasteiger partial charge in [0.15, 0.2) is 0 Å². The Labute approximate surface area is 78.2 Å². The van der Waals surface area contributed by atoms with E-state index in [-0.39, 0.29) is 12.5 Å². The first-order valence-electron chi connectivity index (χ1n) is 3.72. The van der Waals surface area contributed by atoms with Crippen LogP contribution in [-0.4, -0.2) is 38.3 Å². The van der Waals surface area contributed by atoms with E-state index in [1.54, 1.807) is 18.0 Å². The van der Waals surface area contributed by atoms with Gasteiger partial charge in [-0.2, -0.15) is 0 Å². The first-order chi connectivity index (χ1) is 6.15. The third-order valence-electron chi connectivity index (χ3n) is 1.47. The van der Waals surface area contributed by atoms with Crippen molar-refractivity contribution in [1.82, 2.24) is 4.90 Å². The molecule has 0 radical (unpaired) electrons. The predicted molar refractivity (Wildman–Crippen MR) is 52.5 cm³/mol. The van der Waals surface area contributed by atoms with E-state index in [1.807, 2.05) is 0 Å². The van der Waals surface area contributed by atoms with Gasteiger partial charge in [-0.3, -0.25) is 9.79 Å². The molecule has 4 nitrogen and oxygen atoms in total. The van der Waals surface area contributed by atoms with E-state index in [4.69, 9.17) is 0 Å². The Balaban J connectivity index is 4.29. The van der Waals surface area contributed by atoms with Crippen molar-refractivity contribution in [3.05, 3.63) is 24.6 Å². The van der Waals surface area contributed by atoms with Crippen LogP contribution in [0, 0.1) is 0 Å². The van der Waals surface area contributed by atoms with Crippen molar-refractivity contribution in [3.63, 3.8) is 0 Å². The zero-order valence-corrected chi connectivity index (χ0v) is 7.99. The zero-order chi connectivity index (χ0) is 10.3. The summed E-state index contributed by atoms with van der Waals surface area (Å²) < 4.78 is 4.51. The lowest BCUT2D eigenvalue weighted by atomic mass is 10.4. The summed E-state index contributed by atoms with van der Waals surface area (Å²) in [6, 6.07) is 0. The van der Waals surface area contributed by atoms with Crippen LogP contribution in [0.3, 0.4) is 0 Å². The van der Waals surface area contributed by atoms with Crippen molar-refractivity contribution in [2.75, 3.05) is 20.7 Å². The molecule has 0 aliphatic carbocycles. The standard InChI is InChI=1S/C9H14N2O2/c1-5-8(6-10-2)11(3)7-9(12)13-4/h5-6H,1-2,7H2,3-4H3/b8-6-. The smallest absolute Gasteiger partial charge is 0.325 e. The van der Waals surface area contributed by atoms with Gasteiger partial charge in [-0.05, 0) is 12.8 Å². The fraction of sp³-hybridized carbons (Fsp3) is 0.333. The average molecular weight is 182 g/mol. The Morgan fingerprint density at radius 1 is 1.69 bits per heavy atom. The summed E-state index contributed by atoms with van der Waals surface area (Å²) in [6.07, 6.45) is 3.12. The van der Waals surface area contributed by atoms with E-state index in [0.717, 1.165) is 5.70 Å². The number of carbonyl (C=O) groups is 1. The lowest BCUT2D eigenvalue weighted by molar-refractivity contribution is -0.141. The summed E-state index contributed by atoms with van der Waals surface area (Å²) in [7, 11) is 3.09. The molecule has 0 rings (SSSR count). The molecule has 0 aromatic rings. The van der Waals surface area contributed by atoms with Crippen molar-refractivity contribution in [2.45, 2.75) is 0 Å². The van der Waals surface area contributed by atoms with Gasteiger partial charge in [0.1, 0.15) is 6.54 Å². The van der Waals surface area contributed by atoms with Crippen LogP contribution in [0.5, 0.6) is 0 Å². The Morgan fingerprint density at radius 3 is 2.69 bits per heavy atom. The van der Waals surface area contributed by atoms with Crippen molar-refractivity contribution >= 4 is 12.7 Å². The SMILES string of the molecule is C=C/C(=C/N=C)N(C)CC(=O)OC. The fourth-order valence-electron chi connectivity index (χ4n) is 0.750. The minimum absolute atomic E-state index is 0.171. The number of nitrogens with zero attached hydrogens (tertiary/aromatic N) is 2. The van der Waals surface area contributed by atoms with Gasteiger partial charge in [0.25, 0.3) is 0 Å². The molecule has 0 aliphatic heterocycles. The van der Waals surface area contributed by atoms with Crippen molar-refractivity contribution in [2.24, 2.45) is 4.99 Å². The van der Waals surface area contributed by atoms with Crippen LogP contribution in [0.4, 0.5) is 0 Å². The van der Waals surface area contributed by atoms with Crippen LogP contribution < -0.4 is 0 Å². The van der Waals surface area contributed by atoms with Crippen molar-refractivity contribution in [1.29, 1.82) is 0 Å². The molecule has 0 heterocycles. The molecule has 0 spiro atoms. The third-order valence-corrected chi connectivity index (χ3v) is 1.47. The number of carbonyl (C=O) groups excluding carboxylic acids is 1. The summed E-state index contributed by atoms with van der Waals surface area (Å²) in [5.74, 6) is -0.306. The molecule has 0 N–H and O–H groups in total. The summed E-state index contributed by atoms with van der Waals surface area (Å²) in [5.41, 5.74) is 0.723. The summed E-state index contributed by atoms with van der Waals surface area (Å²) >= 11 is 0. The molecular weight excluding hydrogens is 168 g/mol. The normalized spacial score (nSPS) is 10.5. The number of aliphatic imine (C=N–C) groups is 1. The Morgan fingerprint density at radius 2 is 2.31 bits per heavy atom. The van der Waals surface area contributed by atoms with E-state index in [0.29, 0.717) is 0 Å². The molecule has 0 unspecified atom stereocenters. The maximum absolute atomic E-state index is 10.9. The first kappa shape index (κ1) is 11.4. The molecular formula is C9H14N2O2. The number of hydrogen-bond donors (Lipinski definition) is 0. The monoisotopic (exact) mass is 182 g/mol. The second kappa shape index (κ2) is 5.99. The van der Waals surface area contributed by atoms with Crippen molar-refractivity contribution < 1.29 is 9.53 Å². The van der Waals surface area contributed by atoms with E-state index in [9.17, 15) is 4.79 Å². The molecule has 0 bridgehead atoms. The maximum atomic E-state index is 10.9. The quantitative estimate of drug-likeness (QED) is 0.359. The highest BCUT2D eigenvalue weighted by Gasteiger charge is 2.06. The lowest BCUT2D eigenvalue weighted by Gasteiger charge is -2.17. The van der Waals surface area contributed by atoms with Gasteiger partial charge in [-0.15, -0.1) is 0 Å². The molecule has 0 saturated carbocycles. The van der Waals surface area contributed by atoms with Crippen molar-refractivity contribution in [3.8, 4) is 0 Å². The molecule has 0 aromatic heterocycles. The number of rotatable bonds is 5. The van der Waals surface area contributed by atoms with E-state index in [2.05, 4.69) is 23.0 Å². The van der Waals surface area contributed by atoms with E-state index in [1.165, 1.54) is 13.3 Å². The second-order valence-electron chi connectivity index (χ2n) is 2.37. The predicted octanol–water partition coefficient (Wildman–Crippen LogP) is 0.819. The van der Waals surface area contributed by atoms with Gasteiger partial charge in [0.2, 0.25) is 0 Å². The summed E-state index contributed by atoms with van der Waals surface area (Å²) in [6.45, 7) is 7.07. The summed E-state index contributed by atoms with van der Waals surface area (Å²) in [5, 5.41) is 0. The molecule has 0 fully saturated rings. The van der Waals surface area contributed by atoms with Crippen LogP contribution in [0.2, 0.25) is 0 Å². The number of ether oxygens (including phenoxy) is 1. The third kappa shape index (κ3) is 4.10. The van der Waals surface area contributed by atoms with Gasteiger partial charge < -0.3 is 9.64 Å². The average Bonchev–Trinajstić information content (AvgIpc) is 2.13. The fourth-order valence-corrected chi connectivity index (χ4v) is 0.750. The maximum Gasteiger partial charge on any atom is 0.325 e. The largest absolute Gasteiger partial charge is 0.468 e. The molecule has 0 amide bonds. The lowest BCUT2D eigenvalue weighted by Crippen LogP contribution is -2.25. The Bertz CT molecular complexity index is 234. The number of esters is 1. The summed E-state index contributed by atoms with van der Waals surface area (Å²) in [4.78, 5) is 16.1. The van der Waals surface area contributed by atoms with Gasteiger partial charge in [-0.25, -0.2) is 0 Å². The van der Waals surface area contributed by atoms with Crippen LogP contribution >= 0.6 is 0 Å². The van der Waals surface area contributed by atoms with E-state index < -0.39 is 0 Å². The molecule has 4 heteroatoms. The molecule has 0 atom stereocenters. The number of hydrogen-bond acceptors (Lipinski definition) is 4. The van der Waals surface area contributed by atoms with Gasteiger partial charge in [0.05, 0.1) is 12.8 Å². The highest BCUT2D eigenvalue weighted by molar-refractivity contribution is 5.71. The molecule has 72 valence electrons. The minimum Gasteiger partial charge on any atom is -0.468 e. The number of methoxy groups -OCH3 is 1. The molecule has 13 heavy (non-hydrogen) atoms. The highest BCUT2D eigenvalue weighted by atomic mass is 16.5. The number of likely N-dealkylation sites (N-methyl/N-ethyl adjacent to an activating group) is 1. The zero-order valence-electron chi connectivity index (χ0n) is 7.99. The second-order valence-corrected chi connectivity index (χ2v) is 2.37. The Kier molecular flexibility index (Phi) is 5.27. The van der Waals surface area contributed by atoms with Gasteiger partial charge in [0, 0.05) is 13.2 Å². The first-order valence-corrected chi connectivity index (χ1v) is 3.72. The van der Waals surface area contributed by atoms with Crippen LogP contribution in [0.25, 0.3) is 0 Å².